The maximum absolute atomic E-state index is 3.27. The standard InChI is InChI=1S/C13H20N/c1-11(2)14(12(3)4)10-13-8-6-5-7-9-13/h5-8,11-12H,10H2,1-4H3. The summed E-state index contributed by atoms with van der Waals surface area (Å²) in [4.78, 5) is 2.46. The molecule has 0 aliphatic carbocycles. The molecule has 1 radical (unpaired) electrons. The molecule has 1 aromatic rings. The highest BCUT2D eigenvalue weighted by atomic mass is 15.2. The summed E-state index contributed by atoms with van der Waals surface area (Å²) in [5, 5.41) is 0. The highest BCUT2D eigenvalue weighted by Crippen LogP contribution is 2.10. The quantitative estimate of drug-likeness (QED) is 0.705. The summed E-state index contributed by atoms with van der Waals surface area (Å²) in [5.74, 6) is 0. The van der Waals surface area contributed by atoms with E-state index in [2.05, 4.69) is 50.8 Å². The third-order valence-corrected chi connectivity index (χ3v) is 2.45. The monoisotopic (exact) mass is 190 g/mol. The van der Waals surface area contributed by atoms with E-state index in [-0.39, 0.29) is 0 Å². The maximum Gasteiger partial charge on any atom is 0.0245 e. The van der Waals surface area contributed by atoms with Crippen LogP contribution in [0.4, 0.5) is 0 Å². The summed E-state index contributed by atoms with van der Waals surface area (Å²) >= 11 is 0. The van der Waals surface area contributed by atoms with Crippen LogP contribution in [0.25, 0.3) is 0 Å². The molecular weight excluding hydrogens is 170 g/mol. The van der Waals surface area contributed by atoms with E-state index in [1.807, 2.05) is 12.1 Å². The molecule has 77 valence electrons. The van der Waals surface area contributed by atoms with Crippen LogP contribution in [0.5, 0.6) is 0 Å². The second-order valence-electron chi connectivity index (χ2n) is 4.25. The lowest BCUT2D eigenvalue weighted by Crippen LogP contribution is -2.36. The molecule has 0 saturated carbocycles. The number of nitrogens with zero attached hydrogens (tertiary/aromatic N) is 1. The van der Waals surface area contributed by atoms with Crippen molar-refractivity contribution in [1.29, 1.82) is 0 Å². The first-order valence-electron chi connectivity index (χ1n) is 5.32. The summed E-state index contributed by atoms with van der Waals surface area (Å²) in [5.41, 5.74) is 1.27. The molecule has 0 heterocycles. The molecule has 0 fully saturated rings. The molecule has 0 atom stereocenters. The summed E-state index contributed by atoms with van der Waals surface area (Å²) in [6.07, 6.45) is 0. The maximum atomic E-state index is 3.27. The highest BCUT2D eigenvalue weighted by molar-refractivity contribution is 5.13. The van der Waals surface area contributed by atoms with Gasteiger partial charge in [0.1, 0.15) is 0 Å². The fraction of sp³-hybridized carbons (Fsp3) is 0.538. The van der Waals surface area contributed by atoms with Gasteiger partial charge in [-0.3, -0.25) is 4.90 Å². The minimum absolute atomic E-state index is 0.587. The van der Waals surface area contributed by atoms with Crippen LogP contribution in [-0.2, 0) is 6.54 Å². The molecule has 0 aromatic heterocycles. The Balaban J connectivity index is 2.65. The van der Waals surface area contributed by atoms with Crippen molar-refractivity contribution in [1.82, 2.24) is 4.90 Å². The van der Waals surface area contributed by atoms with Gasteiger partial charge in [-0.05, 0) is 39.3 Å². The van der Waals surface area contributed by atoms with Crippen LogP contribution in [0.2, 0.25) is 0 Å². The average molecular weight is 190 g/mol. The highest BCUT2D eigenvalue weighted by Gasteiger charge is 2.12. The molecule has 0 saturated heterocycles. The molecule has 0 amide bonds. The number of rotatable bonds is 4. The first kappa shape index (κ1) is 11.3. The van der Waals surface area contributed by atoms with Gasteiger partial charge in [0.15, 0.2) is 0 Å². The normalized spacial score (nSPS) is 11.6. The molecule has 0 unspecified atom stereocenters. The van der Waals surface area contributed by atoms with Gasteiger partial charge in [0.05, 0.1) is 0 Å². The molecule has 1 nitrogen and oxygen atoms in total. The third kappa shape index (κ3) is 3.15. The summed E-state index contributed by atoms with van der Waals surface area (Å²) in [6.45, 7) is 9.95. The fourth-order valence-electron chi connectivity index (χ4n) is 1.69. The van der Waals surface area contributed by atoms with Gasteiger partial charge in [-0.15, -0.1) is 0 Å². The zero-order chi connectivity index (χ0) is 10.6. The Bertz CT molecular complexity index is 243. The molecule has 0 bridgehead atoms. The van der Waals surface area contributed by atoms with Gasteiger partial charge in [-0.1, -0.05) is 24.3 Å². The molecule has 0 spiro atoms. The average Bonchev–Trinajstić information content (AvgIpc) is 2.15. The predicted molar refractivity (Wildman–Crippen MR) is 61.1 cm³/mol. The van der Waals surface area contributed by atoms with Crippen molar-refractivity contribution in [3.63, 3.8) is 0 Å². The Kier molecular flexibility index (Phi) is 4.15. The Labute approximate surface area is 87.7 Å². The lowest BCUT2D eigenvalue weighted by atomic mass is 10.1. The molecule has 0 aliphatic rings. The van der Waals surface area contributed by atoms with Gasteiger partial charge in [-0.2, -0.15) is 0 Å². The van der Waals surface area contributed by atoms with Gasteiger partial charge >= 0.3 is 0 Å². The van der Waals surface area contributed by atoms with Crippen molar-refractivity contribution in [2.24, 2.45) is 0 Å². The van der Waals surface area contributed by atoms with Crippen molar-refractivity contribution in [2.75, 3.05) is 0 Å². The van der Waals surface area contributed by atoms with Crippen LogP contribution in [0.15, 0.2) is 24.3 Å². The zero-order valence-corrected chi connectivity index (χ0v) is 9.62. The van der Waals surface area contributed by atoms with Gasteiger partial charge in [0, 0.05) is 18.6 Å². The second kappa shape index (κ2) is 5.16. The van der Waals surface area contributed by atoms with E-state index in [0.29, 0.717) is 12.1 Å². The third-order valence-electron chi connectivity index (χ3n) is 2.45. The van der Waals surface area contributed by atoms with Crippen molar-refractivity contribution < 1.29 is 0 Å². The molecular formula is C13H20N. The van der Waals surface area contributed by atoms with E-state index in [9.17, 15) is 0 Å². The van der Waals surface area contributed by atoms with Gasteiger partial charge < -0.3 is 0 Å². The van der Waals surface area contributed by atoms with Crippen LogP contribution in [0, 0.1) is 6.07 Å². The van der Waals surface area contributed by atoms with Crippen LogP contribution >= 0.6 is 0 Å². The van der Waals surface area contributed by atoms with Crippen LogP contribution in [-0.4, -0.2) is 17.0 Å². The van der Waals surface area contributed by atoms with Crippen molar-refractivity contribution >= 4 is 0 Å². The summed E-state index contributed by atoms with van der Waals surface area (Å²) in [6, 6.07) is 12.6. The Morgan fingerprint density at radius 3 is 2.21 bits per heavy atom. The van der Waals surface area contributed by atoms with Crippen LogP contribution in [0.1, 0.15) is 33.3 Å². The molecule has 1 heteroatoms. The van der Waals surface area contributed by atoms with E-state index in [0.717, 1.165) is 6.54 Å². The molecule has 0 N–H and O–H groups in total. The molecule has 1 rings (SSSR count). The topological polar surface area (TPSA) is 3.24 Å². The van der Waals surface area contributed by atoms with Crippen molar-refractivity contribution in [2.45, 2.75) is 46.3 Å². The second-order valence-corrected chi connectivity index (χ2v) is 4.25. The van der Waals surface area contributed by atoms with Crippen molar-refractivity contribution in [3.05, 3.63) is 35.9 Å². The number of hydrogen-bond acceptors (Lipinski definition) is 1. The zero-order valence-electron chi connectivity index (χ0n) is 9.62. The number of hydrogen-bond donors (Lipinski definition) is 0. The first-order chi connectivity index (χ1) is 6.61. The summed E-state index contributed by atoms with van der Waals surface area (Å²) in [7, 11) is 0. The van der Waals surface area contributed by atoms with E-state index in [4.69, 9.17) is 0 Å². The van der Waals surface area contributed by atoms with E-state index in [1.165, 1.54) is 5.56 Å². The van der Waals surface area contributed by atoms with Crippen molar-refractivity contribution in [3.8, 4) is 0 Å². The lowest BCUT2D eigenvalue weighted by molar-refractivity contribution is 0.166. The minimum atomic E-state index is 0.587. The van der Waals surface area contributed by atoms with Gasteiger partial charge in [0.2, 0.25) is 0 Å². The van der Waals surface area contributed by atoms with Gasteiger partial charge in [0.25, 0.3) is 0 Å². The van der Waals surface area contributed by atoms with Crippen LogP contribution < -0.4 is 0 Å². The molecule has 1 aromatic carbocycles. The smallest absolute Gasteiger partial charge is 0.0245 e. The van der Waals surface area contributed by atoms with E-state index in [1.54, 1.807) is 0 Å². The molecule has 14 heavy (non-hydrogen) atoms. The fourth-order valence-corrected chi connectivity index (χ4v) is 1.69. The lowest BCUT2D eigenvalue weighted by Gasteiger charge is -2.30. The minimum Gasteiger partial charge on any atom is -0.294 e. The predicted octanol–water partition coefficient (Wildman–Crippen LogP) is 3.11. The SMILES string of the molecule is CC(C)N(Cc1[c]cccc1)C(C)C. The Morgan fingerprint density at radius 2 is 1.79 bits per heavy atom. The van der Waals surface area contributed by atoms with E-state index >= 15 is 0 Å². The molecule has 0 aliphatic heterocycles. The first-order valence-corrected chi connectivity index (χ1v) is 5.32. The summed E-state index contributed by atoms with van der Waals surface area (Å²) < 4.78 is 0. The Morgan fingerprint density at radius 1 is 1.14 bits per heavy atom. The van der Waals surface area contributed by atoms with Crippen LogP contribution in [0.3, 0.4) is 0 Å². The largest absolute Gasteiger partial charge is 0.294 e. The van der Waals surface area contributed by atoms with Gasteiger partial charge in [-0.25, -0.2) is 0 Å². The van der Waals surface area contributed by atoms with E-state index < -0.39 is 0 Å². The Hall–Kier alpha value is -0.820. The number of benzene rings is 1.